The maximum absolute atomic E-state index is 12.3. The lowest BCUT2D eigenvalue weighted by Gasteiger charge is -2.16. The molecule has 2 aromatic heterocycles. The Morgan fingerprint density at radius 3 is 2.68 bits per heavy atom. The van der Waals surface area contributed by atoms with E-state index in [2.05, 4.69) is 32.5 Å². The molecule has 2 heterocycles. The van der Waals surface area contributed by atoms with Gasteiger partial charge in [0.05, 0.1) is 12.6 Å². The number of anilines is 1. The van der Waals surface area contributed by atoms with E-state index < -0.39 is 6.04 Å². The molecule has 1 atom stereocenters. The van der Waals surface area contributed by atoms with Gasteiger partial charge in [-0.05, 0) is 37.1 Å². The average Bonchev–Trinajstić information content (AvgIpc) is 2.74. The summed E-state index contributed by atoms with van der Waals surface area (Å²) in [5.41, 5.74) is 2.75. The fourth-order valence-electron chi connectivity index (χ4n) is 2.84. The summed E-state index contributed by atoms with van der Waals surface area (Å²) in [6.07, 6.45) is 5.28. The molecule has 0 aliphatic heterocycles. The predicted molar refractivity (Wildman–Crippen MR) is 110 cm³/mol. The fourth-order valence-corrected chi connectivity index (χ4v) is 2.84. The van der Waals surface area contributed by atoms with E-state index in [1.807, 2.05) is 37.3 Å². The van der Waals surface area contributed by atoms with E-state index in [1.54, 1.807) is 13.3 Å². The number of hydrogen-bond donors (Lipinski definition) is 2. The molecule has 0 spiro atoms. The highest BCUT2D eigenvalue weighted by Crippen LogP contribution is 2.27. The molecule has 0 fully saturated rings. The van der Waals surface area contributed by atoms with Gasteiger partial charge >= 0.3 is 0 Å². The van der Waals surface area contributed by atoms with Gasteiger partial charge in [-0.2, -0.15) is 0 Å². The van der Waals surface area contributed by atoms with Crippen molar-refractivity contribution in [3.63, 3.8) is 0 Å². The minimum atomic E-state index is -0.402. The number of ether oxygens (including phenoxy) is 1. The van der Waals surface area contributed by atoms with Crippen molar-refractivity contribution < 1.29 is 9.53 Å². The van der Waals surface area contributed by atoms with Crippen LogP contribution < -0.4 is 15.4 Å². The maximum atomic E-state index is 12.3. The lowest BCUT2D eigenvalue weighted by molar-refractivity contribution is -0.121. The summed E-state index contributed by atoms with van der Waals surface area (Å²) in [5, 5.41) is 7.00. The van der Waals surface area contributed by atoms with E-state index in [4.69, 9.17) is 4.74 Å². The van der Waals surface area contributed by atoms with Gasteiger partial charge in [-0.25, -0.2) is 15.0 Å². The Balaban J connectivity index is 1.85. The number of rotatable bonds is 8. The number of nitrogens with one attached hydrogen (secondary N) is 2. The number of carbonyl (C=O) groups excluding carboxylic acids is 1. The summed E-state index contributed by atoms with van der Waals surface area (Å²) in [6.45, 7) is 4.60. The van der Waals surface area contributed by atoms with Crippen LogP contribution >= 0.6 is 0 Å². The monoisotopic (exact) mass is 379 g/mol. The van der Waals surface area contributed by atoms with Gasteiger partial charge in [-0.1, -0.05) is 19.4 Å². The van der Waals surface area contributed by atoms with Gasteiger partial charge < -0.3 is 15.4 Å². The summed E-state index contributed by atoms with van der Waals surface area (Å²) < 4.78 is 5.12. The molecule has 7 heteroatoms. The first-order valence-electron chi connectivity index (χ1n) is 9.41. The molecular weight excluding hydrogens is 354 g/mol. The van der Waals surface area contributed by atoms with Crippen molar-refractivity contribution >= 4 is 22.6 Å². The zero-order valence-electron chi connectivity index (χ0n) is 16.4. The van der Waals surface area contributed by atoms with Gasteiger partial charge in [0.1, 0.15) is 18.2 Å². The molecule has 0 saturated carbocycles. The van der Waals surface area contributed by atoms with E-state index >= 15 is 0 Å². The zero-order chi connectivity index (χ0) is 19.9. The molecule has 3 rings (SSSR count). The number of carbonyl (C=O) groups is 1. The SMILES string of the molecule is CCCCNC(=O)C(C)Nc1ncnc2ccc(-c3ccc(OC)nc3)cc12. The minimum Gasteiger partial charge on any atom is -0.481 e. The van der Waals surface area contributed by atoms with Crippen molar-refractivity contribution in [1.82, 2.24) is 20.3 Å². The quantitative estimate of drug-likeness (QED) is 0.583. The Hall–Kier alpha value is -3.22. The van der Waals surface area contributed by atoms with Crippen molar-refractivity contribution in [2.24, 2.45) is 0 Å². The average molecular weight is 379 g/mol. The van der Waals surface area contributed by atoms with Crippen LogP contribution in [0.25, 0.3) is 22.0 Å². The molecule has 7 nitrogen and oxygen atoms in total. The van der Waals surface area contributed by atoms with E-state index in [9.17, 15) is 4.79 Å². The number of benzene rings is 1. The molecule has 146 valence electrons. The predicted octanol–water partition coefficient (Wildman–Crippen LogP) is 3.42. The maximum Gasteiger partial charge on any atom is 0.242 e. The van der Waals surface area contributed by atoms with Crippen LogP contribution in [0, 0.1) is 0 Å². The second kappa shape index (κ2) is 9.12. The molecular formula is C21H25N5O2. The summed E-state index contributed by atoms with van der Waals surface area (Å²) in [6, 6.07) is 9.30. The van der Waals surface area contributed by atoms with Gasteiger partial charge in [-0.15, -0.1) is 0 Å². The first-order valence-corrected chi connectivity index (χ1v) is 9.41. The first-order chi connectivity index (χ1) is 13.6. The van der Waals surface area contributed by atoms with Crippen molar-refractivity contribution in [3.05, 3.63) is 42.9 Å². The topological polar surface area (TPSA) is 89.0 Å². The standard InChI is InChI=1S/C21H25N5O2/c1-4-5-10-22-21(27)14(2)26-20-17-11-15(6-8-18(17)24-13-25-20)16-7-9-19(28-3)23-12-16/h6-9,11-14H,4-5,10H2,1-3H3,(H,22,27)(H,24,25,26). The number of unbranched alkanes of at least 4 members (excludes halogenated alkanes) is 1. The third-order valence-corrected chi connectivity index (χ3v) is 4.49. The number of nitrogens with zero attached hydrogens (tertiary/aromatic N) is 3. The number of hydrogen-bond acceptors (Lipinski definition) is 6. The first kappa shape index (κ1) is 19.5. The van der Waals surface area contributed by atoms with Crippen LogP contribution in [0.1, 0.15) is 26.7 Å². The highest BCUT2D eigenvalue weighted by atomic mass is 16.5. The van der Waals surface area contributed by atoms with Crippen LogP contribution in [0.5, 0.6) is 5.88 Å². The van der Waals surface area contributed by atoms with E-state index in [0.717, 1.165) is 34.9 Å². The van der Waals surface area contributed by atoms with Crippen LogP contribution in [-0.4, -0.2) is 40.6 Å². The summed E-state index contributed by atoms with van der Waals surface area (Å²) in [4.78, 5) is 25.2. The van der Waals surface area contributed by atoms with Crippen LogP contribution in [0.2, 0.25) is 0 Å². The molecule has 0 aliphatic rings. The molecule has 2 N–H and O–H groups in total. The Labute approximate surface area is 164 Å². The lowest BCUT2D eigenvalue weighted by Crippen LogP contribution is -2.38. The molecule has 1 aromatic carbocycles. The molecule has 0 saturated heterocycles. The second-order valence-electron chi connectivity index (χ2n) is 6.55. The molecule has 0 bridgehead atoms. The van der Waals surface area contributed by atoms with Crippen LogP contribution in [-0.2, 0) is 4.79 Å². The minimum absolute atomic E-state index is 0.0456. The van der Waals surface area contributed by atoms with Gasteiger partial charge in [0.2, 0.25) is 11.8 Å². The van der Waals surface area contributed by atoms with Crippen LogP contribution in [0.3, 0.4) is 0 Å². The van der Waals surface area contributed by atoms with E-state index in [-0.39, 0.29) is 5.91 Å². The molecule has 0 radical (unpaired) electrons. The van der Waals surface area contributed by atoms with Crippen molar-refractivity contribution in [1.29, 1.82) is 0 Å². The second-order valence-corrected chi connectivity index (χ2v) is 6.55. The number of fused-ring (bicyclic) bond motifs is 1. The largest absolute Gasteiger partial charge is 0.481 e. The molecule has 3 aromatic rings. The number of aromatic nitrogens is 3. The number of amides is 1. The van der Waals surface area contributed by atoms with Crippen molar-refractivity contribution in [2.45, 2.75) is 32.7 Å². The Morgan fingerprint density at radius 2 is 1.96 bits per heavy atom. The normalized spacial score (nSPS) is 11.8. The van der Waals surface area contributed by atoms with Crippen molar-refractivity contribution in [3.8, 4) is 17.0 Å². The third kappa shape index (κ3) is 4.54. The smallest absolute Gasteiger partial charge is 0.242 e. The Bertz CT molecular complexity index is 943. The van der Waals surface area contributed by atoms with Crippen LogP contribution in [0.15, 0.2) is 42.9 Å². The zero-order valence-corrected chi connectivity index (χ0v) is 16.4. The van der Waals surface area contributed by atoms with Gasteiger partial charge in [-0.3, -0.25) is 4.79 Å². The Morgan fingerprint density at radius 1 is 1.14 bits per heavy atom. The van der Waals surface area contributed by atoms with Gasteiger partial charge in [0, 0.05) is 29.8 Å². The fraction of sp³-hybridized carbons (Fsp3) is 0.333. The van der Waals surface area contributed by atoms with E-state index in [0.29, 0.717) is 18.2 Å². The van der Waals surface area contributed by atoms with Gasteiger partial charge in [0.15, 0.2) is 0 Å². The Kier molecular flexibility index (Phi) is 6.37. The number of methoxy groups -OCH3 is 1. The highest BCUT2D eigenvalue weighted by molar-refractivity contribution is 5.94. The molecule has 1 unspecified atom stereocenters. The molecule has 28 heavy (non-hydrogen) atoms. The summed E-state index contributed by atoms with van der Waals surface area (Å²) >= 11 is 0. The molecule has 1 amide bonds. The lowest BCUT2D eigenvalue weighted by atomic mass is 10.1. The third-order valence-electron chi connectivity index (χ3n) is 4.49. The van der Waals surface area contributed by atoms with Gasteiger partial charge in [0.25, 0.3) is 0 Å². The molecule has 0 aliphatic carbocycles. The number of pyridine rings is 1. The van der Waals surface area contributed by atoms with Crippen LogP contribution in [0.4, 0.5) is 5.82 Å². The van der Waals surface area contributed by atoms with E-state index in [1.165, 1.54) is 6.33 Å². The summed E-state index contributed by atoms with van der Waals surface area (Å²) in [7, 11) is 1.59. The highest BCUT2D eigenvalue weighted by Gasteiger charge is 2.15. The summed E-state index contributed by atoms with van der Waals surface area (Å²) in [5.74, 6) is 1.15. The van der Waals surface area contributed by atoms with Crippen molar-refractivity contribution in [2.75, 3.05) is 19.0 Å².